The van der Waals surface area contributed by atoms with E-state index in [2.05, 4.69) is 19.2 Å². The Bertz CT molecular complexity index is 433. The highest BCUT2D eigenvalue weighted by atomic mass is 32.1. The molecule has 1 fully saturated rings. The molecule has 0 unspecified atom stereocenters. The van der Waals surface area contributed by atoms with Crippen molar-refractivity contribution in [2.45, 2.75) is 51.5 Å². The van der Waals surface area contributed by atoms with Crippen molar-refractivity contribution in [1.82, 2.24) is 5.32 Å². The van der Waals surface area contributed by atoms with Crippen molar-refractivity contribution in [3.63, 3.8) is 0 Å². The third-order valence-electron chi connectivity index (χ3n) is 4.25. The third-order valence-corrected chi connectivity index (χ3v) is 5.20. The highest BCUT2D eigenvalue weighted by Crippen LogP contribution is 2.32. The van der Waals surface area contributed by atoms with E-state index in [-0.39, 0.29) is 12.5 Å². The molecule has 2 rings (SSSR count). The fraction of sp³-hybridized carbons (Fsp3) is 0.667. The summed E-state index contributed by atoms with van der Waals surface area (Å²) in [6, 6.07) is 2.01. The average Bonchev–Trinajstić information content (AvgIpc) is 2.90. The minimum Gasteiger partial charge on any atom is -0.394 e. The fourth-order valence-electron chi connectivity index (χ4n) is 2.75. The molecular formula is C15H23NO2S. The smallest absolute Gasteiger partial charge is 0.262 e. The Morgan fingerprint density at radius 3 is 2.79 bits per heavy atom. The van der Waals surface area contributed by atoms with E-state index in [1.807, 2.05) is 11.4 Å². The van der Waals surface area contributed by atoms with Crippen molar-refractivity contribution in [2.75, 3.05) is 6.61 Å². The van der Waals surface area contributed by atoms with Crippen molar-refractivity contribution in [1.29, 1.82) is 0 Å². The summed E-state index contributed by atoms with van der Waals surface area (Å²) in [6.45, 7) is 4.33. The molecule has 0 spiro atoms. The van der Waals surface area contributed by atoms with Gasteiger partial charge in [0.05, 0.1) is 17.0 Å². The lowest BCUT2D eigenvalue weighted by atomic mass is 9.77. The molecule has 3 nitrogen and oxygen atoms in total. The molecule has 0 aromatic carbocycles. The number of rotatable bonds is 4. The number of carbonyl (C=O) groups excluding carboxylic acids is 1. The molecular weight excluding hydrogens is 258 g/mol. The van der Waals surface area contributed by atoms with E-state index in [4.69, 9.17) is 0 Å². The van der Waals surface area contributed by atoms with Crippen molar-refractivity contribution in [3.05, 3.63) is 21.9 Å². The van der Waals surface area contributed by atoms with Crippen LogP contribution in [0.25, 0.3) is 0 Å². The number of hydrogen-bond acceptors (Lipinski definition) is 3. The summed E-state index contributed by atoms with van der Waals surface area (Å²) in [5.74, 6) is 0.681. The Morgan fingerprint density at radius 2 is 2.21 bits per heavy atom. The van der Waals surface area contributed by atoms with Crippen molar-refractivity contribution in [2.24, 2.45) is 5.92 Å². The summed E-state index contributed by atoms with van der Waals surface area (Å²) in [5.41, 5.74) is 0.693. The summed E-state index contributed by atoms with van der Waals surface area (Å²) in [5, 5.41) is 14.8. The summed E-state index contributed by atoms with van der Waals surface area (Å²) in [7, 11) is 0. The molecule has 0 atom stereocenters. The van der Waals surface area contributed by atoms with Gasteiger partial charge in [0.1, 0.15) is 0 Å². The second-order valence-electron chi connectivity index (χ2n) is 5.70. The van der Waals surface area contributed by atoms with Gasteiger partial charge in [-0.05, 0) is 55.0 Å². The molecule has 1 amide bonds. The van der Waals surface area contributed by atoms with E-state index < -0.39 is 5.54 Å². The van der Waals surface area contributed by atoms with Gasteiger partial charge in [0.25, 0.3) is 5.91 Å². The number of carbonyl (C=O) groups is 1. The molecule has 0 radical (unpaired) electrons. The summed E-state index contributed by atoms with van der Waals surface area (Å²) < 4.78 is 0. The second kappa shape index (κ2) is 6.06. The molecule has 1 aromatic rings. The molecule has 4 heteroatoms. The summed E-state index contributed by atoms with van der Waals surface area (Å²) in [6.07, 6.45) is 4.78. The topological polar surface area (TPSA) is 49.3 Å². The highest BCUT2D eigenvalue weighted by molar-refractivity contribution is 7.12. The number of aryl methyl sites for hydroxylation is 1. The van der Waals surface area contributed by atoms with Crippen molar-refractivity contribution < 1.29 is 9.90 Å². The monoisotopic (exact) mass is 281 g/mol. The fourth-order valence-corrected chi connectivity index (χ4v) is 3.64. The van der Waals surface area contributed by atoms with Crippen LogP contribution in [0.1, 0.15) is 54.8 Å². The first-order chi connectivity index (χ1) is 9.10. The van der Waals surface area contributed by atoms with Crippen LogP contribution in [0.15, 0.2) is 11.4 Å². The van der Waals surface area contributed by atoms with E-state index in [0.717, 1.165) is 42.5 Å². The van der Waals surface area contributed by atoms with Gasteiger partial charge in [-0.2, -0.15) is 0 Å². The van der Waals surface area contributed by atoms with Gasteiger partial charge in [-0.25, -0.2) is 0 Å². The Labute approximate surface area is 119 Å². The SMILES string of the molecule is CCc1ccsc1C(=O)NC1(CO)CCC(C)CC1. The number of aliphatic hydroxyl groups is 1. The van der Waals surface area contributed by atoms with E-state index in [0.29, 0.717) is 5.92 Å². The Kier molecular flexibility index (Phi) is 4.63. The highest BCUT2D eigenvalue weighted by Gasteiger charge is 2.35. The van der Waals surface area contributed by atoms with Crippen LogP contribution >= 0.6 is 11.3 Å². The molecule has 19 heavy (non-hydrogen) atoms. The number of aliphatic hydroxyl groups excluding tert-OH is 1. The maximum Gasteiger partial charge on any atom is 0.262 e. The standard InChI is InChI=1S/C15H23NO2S/c1-3-12-6-9-19-13(12)14(18)16-15(10-17)7-4-11(2)5-8-15/h6,9,11,17H,3-5,7-8,10H2,1-2H3,(H,16,18). The Morgan fingerprint density at radius 1 is 1.53 bits per heavy atom. The van der Waals surface area contributed by atoms with Crippen molar-refractivity contribution in [3.8, 4) is 0 Å². The Balaban J connectivity index is 2.08. The van der Waals surface area contributed by atoms with Crippen LogP contribution in [-0.2, 0) is 6.42 Å². The van der Waals surface area contributed by atoms with Crippen LogP contribution < -0.4 is 5.32 Å². The molecule has 1 heterocycles. The zero-order chi connectivity index (χ0) is 13.9. The molecule has 0 saturated heterocycles. The number of nitrogens with one attached hydrogen (secondary N) is 1. The van der Waals surface area contributed by atoms with Gasteiger partial charge in [-0.1, -0.05) is 13.8 Å². The van der Waals surface area contributed by atoms with Crippen LogP contribution in [-0.4, -0.2) is 23.2 Å². The number of hydrogen-bond donors (Lipinski definition) is 2. The first-order valence-electron chi connectivity index (χ1n) is 7.10. The zero-order valence-corrected chi connectivity index (χ0v) is 12.6. The van der Waals surface area contributed by atoms with E-state index in [1.54, 1.807) is 0 Å². The lowest BCUT2D eigenvalue weighted by Crippen LogP contribution is -2.53. The van der Waals surface area contributed by atoms with Crippen LogP contribution in [0.3, 0.4) is 0 Å². The van der Waals surface area contributed by atoms with Gasteiger partial charge in [0, 0.05) is 0 Å². The molecule has 0 aliphatic heterocycles. The lowest BCUT2D eigenvalue weighted by Gasteiger charge is -2.38. The third kappa shape index (κ3) is 3.18. The molecule has 1 aliphatic carbocycles. The van der Waals surface area contributed by atoms with Gasteiger partial charge in [-0.3, -0.25) is 4.79 Å². The Hall–Kier alpha value is -0.870. The minimum absolute atomic E-state index is 0.0181. The van der Waals surface area contributed by atoms with Gasteiger partial charge >= 0.3 is 0 Å². The average molecular weight is 281 g/mol. The zero-order valence-electron chi connectivity index (χ0n) is 11.7. The first kappa shape index (κ1) is 14.5. The second-order valence-corrected chi connectivity index (χ2v) is 6.62. The van der Waals surface area contributed by atoms with Gasteiger partial charge in [0.15, 0.2) is 0 Å². The quantitative estimate of drug-likeness (QED) is 0.891. The van der Waals surface area contributed by atoms with E-state index in [9.17, 15) is 9.90 Å². The van der Waals surface area contributed by atoms with Crippen LogP contribution in [0.2, 0.25) is 0 Å². The predicted molar refractivity (Wildman–Crippen MR) is 78.6 cm³/mol. The maximum atomic E-state index is 12.4. The first-order valence-corrected chi connectivity index (χ1v) is 7.98. The number of amides is 1. The van der Waals surface area contributed by atoms with Crippen molar-refractivity contribution >= 4 is 17.2 Å². The van der Waals surface area contributed by atoms with Gasteiger partial charge < -0.3 is 10.4 Å². The van der Waals surface area contributed by atoms with Crippen LogP contribution in [0.5, 0.6) is 0 Å². The van der Waals surface area contributed by atoms with E-state index in [1.165, 1.54) is 11.3 Å². The molecule has 1 aliphatic rings. The summed E-state index contributed by atoms with van der Waals surface area (Å²) in [4.78, 5) is 13.2. The van der Waals surface area contributed by atoms with Crippen LogP contribution in [0.4, 0.5) is 0 Å². The normalized spacial score (nSPS) is 27.2. The summed E-state index contributed by atoms with van der Waals surface area (Å²) >= 11 is 1.49. The van der Waals surface area contributed by atoms with Gasteiger partial charge in [-0.15, -0.1) is 11.3 Å². The van der Waals surface area contributed by atoms with Gasteiger partial charge in [0.2, 0.25) is 0 Å². The van der Waals surface area contributed by atoms with E-state index >= 15 is 0 Å². The lowest BCUT2D eigenvalue weighted by molar-refractivity contribution is 0.0720. The number of thiophene rings is 1. The molecule has 2 N–H and O–H groups in total. The molecule has 106 valence electrons. The molecule has 1 saturated carbocycles. The largest absolute Gasteiger partial charge is 0.394 e. The maximum absolute atomic E-state index is 12.4. The molecule has 1 aromatic heterocycles. The molecule has 0 bridgehead atoms. The minimum atomic E-state index is -0.404. The predicted octanol–water partition coefficient (Wildman–Crippen LogP) is 2.98. The van der Waals surface area contributed by atoms with Crippen LogP contribution in [0, 0.1) is 5.92 Å².